The summed E-state index contributed by atoms with van der Waals surface area (Å²) in [5.41, 5.74) is 0.963. The summed E-state index contributed by atoms with van der Waals surface area (Å²) in [4.78, 5) is 14.3. The van der Waals surface area contributed by atoms with Crippen LogP contribution in [0, 0.1) is 6.92 Å². The number of hydrogen-bond donors (Lipinski definition) is 0. The zero-order valence-electron chi connectivity index (χ0n) is 14.6. The summed E-state index contributed by atoms with van der Waals surface area (Å²) in [6, 6.07) is 7.72. The van der Waals surface area contributed by atoms with Gasteiger partial charge in [0.15, 0.2) is 11.6 Å². The zero-order valence-corrected chi connectivity index (χ0v) is 15.4. The van der Waals surface area contributed by atoms with Crippen LogP contribution in [-0.4, -0.2) is 31.8 Å². The van der Waals surface area contributed by atoms with Gasteiger partial charge in [0.05, 0.1) is 17.6 Å². The van der Waals surface area contributed by atoms with Gasteiger partial charge in [0.2, 0.25) is 5.89 Å². The molecule has 7 nitrogen and oxygen atoms in total. The fraction of sp³-hybridized carbons (Fsp3) is 0.222. The third kappa shape index (κ3) is 2.88. The number of thiazole rings is 1. The van der Waals surface area contributed by atoms with Gasteiger partial charge in [-0.05, 0) is 26.0 Å². The third-order valence-electron chi connectivity index (χ3n) is 4.05. The zero-order chi connectivity index (χ0) is 18.1. The second-order valence-corrected chi connectivity index (χ2v) is 6.77. The van der Waals surface area contributed by atoms with E-state index in [0.29, 0.717) is 11.7 Å². The van der Waals surface area contributed by atoms with Gasteiger partial charge in [0.25, 0.3) is 0 Å². The number of para-hydroxylation sites is 1. The van der Waals surface area contributed by atoms with Crippen LogP contribution >= 0.6 is 11.3 Å². The number of ether oxygens (including phenoxy) is 1. The summed E-state index contributed by atoms with van der Waals surface area (Å²) in [5.74, 6) is 2.78. The van der Waals surface area contributed by atoms with Crippen molar-refractivity contribution in [2.24, 2.45) is 0 Å². The minimum absolute atomic E-state index is 0.120. The Hall–Kier alpha value is -3.00. The van der Waals surface area contributed by atoms with E-state index in [9.17, 15) is 0 Å². The van der Waals surface area contributed by atoms with Gasteiger partial charge in [-0.1, -0.05) is 17.3 Å². The van der Waals surface area contributed by atoms with Crippen molar-refractivity contribution >= 4 is 11.3 Å². The molecule has 0 radical (unpaired) electrons. The van der Waals surface area contributed by atoms with Crippen molar-refractivity contribution in [2.75, 3.05) is 7.11 Å². The number of rotatable bonds is 5. The predicted octanol–water partition coefficient (Wildman–Crippen LogP) is 3.98. The summed E-state index contributed by atoms with van der Waals surface area (Å²) in [5, 5.41) is 4.75. The number of imidazole rings is 1. The highest BCUT2D eigenvalue weighted by Crippen LogP contribution is 2.36. The first-order valence-corrected chi connectivity index (χ1v) is 8.91. The van der Waals surface area contributed by atoms with Gasteiger partial charge in [0.1, 0.15) is 16.8 Å². The van der Waals surface area contributed by atoms with Crippen LogP contribution in [0.3, 0.4) is 0 Å². The van der Waals surface area contributed by atoms with Gasteiger partial charge in [0, 0.05) is 18.6 Å². The molecule has 0 aliphatic rings. The van der Waals surface area contributed by atoms with Crippen LogP contribution in [0.5, 0.6) is 5.75 Å². The Morgan fingerprint density at radius 3 is 2.85 bits per heavy atom. The first-order chi connectivity index (χ1) is 12.7. The molecule has 0 saturated carbocycles. The van der Waals surface area contributed by atoms with Gasteiger partial charge in [-0.2, -0.15) is 4.98 Å². The molecule has 1 unspecified atom stereocenters. The molecular formula is C18H17N5O2S. The van der Waals surface area contributed by atoms with E-state index in [0.717, 1.165) is 27.0 Å². The highest BCUT2D eigenvalue weighted by Gasteiger charge is 2.20. The molecule has 26 heavy (non-hydrogen) atoms. The first-order valence-electron chi connectivity index (χ1n) is 8.10. The molecule has 1 aromatic carbocycles. The number of nitrogens with zero attached hydrogens (tertiary/aromatic N) is 5. The Bertz CT molecular complexity index is 1040. The molecule has 3 heterocycles. The van der Waals surface area contributed by atoms with Crippen LogP contribution in [0.1, 0.15) is 24.7 Å². The SMILES string of the molecule is COc1ccccc1-c1ncc(-c2nccn2C(C)c2nc(C)no2)s1. The Balaban J connectivity index is 1.70. The molecule has 0 bridgehead atoms. The van der Waals surface area contributed by atoms with E-state index in [2.05, 4.69) is 20.1 Å². The number of aryl methyl sites for hydroxylation is 1. The quantitative estimate of drug-likeness (QED) is 0.531. The molecule has 0 aliphatic carbocycles. The molecule has 0 amide bonds. The number of benzene rings is 1. The maximum atomic E-state index is 5.44. The van der Waals surface area contributed by atoms with E-state index in [1.54, 1.807) is 31.6 Å². The minimum atomic E-state index is -0.120. The summed E-state index contributed by atoms with van der Waals surface area (Å²) in [6.07, 6.45) is 5.50. The summed E-state index contributed by atoms with van der Waals surface area (Å²) in [6.45, 7) is 3.80. The van der Waals surface area contributed by atoms with Gasteiger partial charge in [-0.25, -0.2) is 9.97 Å². The Morgan fingerprint density at radius 2 is 2.08 bits per heavy atom. The van der Waals surface area contributed by atoms with E-state index in [4.69, 9.17) is 9.26 Å². The van der Waals surface area contributed by atoms with Crippen molar-refractivity contribution in [3.63, 3.8) is 0 Å². The maximum absolute atomic E-state index is 5.44. The number of hydrogen-bond acceptors (Lipinski definition) is 7. The second-order valence-electron chi connectivity index (χ2n) is 5.74. The van der Waals surface area contributed by atoms with Gasteiger partial charge >= 0.3 is 0 Å². The molecule has 0 aliphatic heterocycles. The lowest BCUT2D eigenvalue weighted by Crippen LogP contribution is -2.07. The molecule has 0 spiro atoms. The smallest absolute Gasteiger partial charge is 0.249 e. The highest BCUT2D eigenvalue weighted by atomic mass is 32.1. The van der Waals surface area contributed by atoms with Crippen molar-refractivity contribution in [3.8, 4) is 27.0 Å². The lowest BCUT2D eigenvalue weighted by atomic mass is 10.2. The van der Waals surface area contributed by atoms with Gasteiger partial charge in [-0.15, -0.1) is 11.3 Å². The molecule has 132 valence electrons. The molecule has 4 aromatic rings. The molecule has 0 fully saturated rings. The van der Waals surface area contributed by atoms with E-state index < -0.39 is 0 Å². The number of aromatic nitrogens is 5. The largest absolute Gasteiger partial charge is 0.496 e. The average Bonchev–Trinajstić information content (AvgIpc) is 3.40. The summed E-state index contributed by atoms with van der Waals surface area (Å²) >= 11 is 1.56. The molecule has 3 aromatic heterocycles. The van der Waals surface area contributed by atoms with Crippen LogP contribution in [0.2, 0.25) is 0 Å². The maximum Gasteiger partial charge on any atom is 0.249 e. The van der Waals surface area contributed by atoms with Crippen molar-refractivity contribution in [1.29, 1.82) is 0 Å². The second kappa shape index (κ2) is 6.72. The van der Waals surface area contributed by atoms with E-state index in [1.165, 1.54) is 0 Å². The molecular weight excluding hydrogens is 350 g/mol. The van der Waals surface area contributed by atoms with Crippen molar-refractivity contribution in [2.45, 2.75) is 19.9 Å². The molecule has 1 atom stereocenters. The van der Waals surface area contributed by atoms with Gasteiger partial charge in [-0.3, -0.25) is 0 Å². The molecule has 4 rings (SSSR count). The summed E-state index contributed by atoms with van der Waals surface area (Å²) in [7, 11) is 1.66. The Morgan fingerprint density at radius 1 is 1.23 bits per heavy atom. The lowest BCUT2D eigenvalue weighted by molar-refractivity contribution is 0.344. The average molecular weight is 367 g/mol. The molecule has 8 heteroatoms. The van der Waals surface area contributed by atoms with Crippen LogP contribution in [0.25, 0.3) is 21.3 Å². The van der Waals surface area contributed by atoms with Crippen LogP contribution < -0.4 is 4.74 Å². The van der Waals surface area contributed by atoms with Crippen LogP contribution in [-0.2, 0) is 0 Å². The normalized spacial score (nSPS) is 12.3. The standard InChI is InChI=1S/C18H17N5O2S/c1-11(17-21-12(2)22-25-17)23-9-8-19-16(23)15-10-20-18(26-15)13-6-4-5-7-14(13)24-3/h4-11H,1-3H3. The Labute approximate surface area is 154 Å². The van der Waals surface area contributed by atoms with Crippen LogP contribution in [0.4, 0.5) is 0 Å². The highest BCUT2D eigenvalue weighted by molar-refractivity contribution is 7.18. The van der Waals surface area contributed by atoms with Crippen molar-refractivity contribution < 1.29 is 9.26 Å². The van der Waals surface area contributed by atoms with Gasteiger partial charge < -0.3 is 13.8 Å². The predicted molar refractivity (Wildman–Crippen MR) is 98.2 cm³/mol. The third-order valence-corrected chi connectivity index (χ3v) is 5.08. The lowest BCUT2D eigenvalue weighted by Gasteiger charge is -2.11. The molecule has 0 N–H and O–H groups in total. The molecule has 0 saturated heterocycles. The minimum Gasteiger partial charge on any atom is -0.496 e. The fourth-order valence-corrected chi connectivity index (χ4v) is 3.69. The van der Waals surface area contributed by atoms with E-state index >= 15 is 0 Å². The fourth-order valence-electron chi connectivity index (χ4n) is 2.74. The van der Waals surface area contributed by atoms with Crippen molar-refractivity contribution in [3.05, 3.63) is 54.6 Å². The first kappa shape index (κ1) is 16.5. The monoisotopic (exact) mass is 367 g/mol. The van der Waals surface area contributed by atoms with Crippen LogP contribution in [0.15, 0.2) is 47.4 Å². The Kier molecular flexibility index (Phi) is 4.26. The van der Waals surface area contributed by atoms with E-state index in [-0.39, 0.29) is 6.04 Å². The topological polar surface area (TPSA) is 78.9 Å². The van der Waals surface area contributed by atoms with E-state index in [1.807, 2.05) is 48.1 Å². The van der Waals surface area contributed by atoms with Crippen molar-refractivity contribution in [1.82, 2.24) is 24.7 Å². The summed E-state index contributed by atoms with van der Waals surface area (Å²) < 4.78 is 12.8. The number of methoxy groups -OCH3 is 1.